The number of nitrogens with zero attached hydrogens (tertiary/aromatic N) is 1. The van der Waals surface area contributed by atoms with E-state index in [9.17, 15) is 4.79 Å². The normalized spacial score (nSPS) is 23.3. The number of fused-ring (bicyclic) bond motifs is 1. The number of piperazine rings is 1. The number of benzene rings is 2. The van der Waals surface area contributed by atoms with E-state index in [-0.39, 0.29) is 11.8 Å². The van der Waals surface area contributed by atoms with Gasteiger partial charge in [0.15, 0.2) is 5.78 Å². The number of carbonyl (C=O) groups is 1. The van der Waals surface area contributed by atoms with Gasteiger partial charge in [0, 0.05) is 49.4 Å². The first-order chi connectivity index (χ1) is 14.7. The van der Waals surface area contributed by atoms with E-state index in [0.717, 1.165) is 53.4 Å². The summed E-state index contributed by atoms with van der Waals surface area (Å²) < 4.78 is 11.8. The maximum Gasteiger partial charge on any atom is 0.181 e. The van der Waals surface area contributed by atoms with Gasteiger partial charge in [-0.15, -0.1) is 0 Å². The fraction of sp³-hybridized carbons (Fsp3) is 0.480. The number of Topliss-reactive ketones (excluding diaryl/α,β-unsaturated/α-hetero) is 1. The van der Waals surface area contributed by atoms with E-state index < -0.39 is 5.60 Å². The monoisotopic (exact) mass is 423 g/mol. The van der Waals surface area contributed by atoms with Crippen LogP contribution in [-0.2, 0) is 6.42 Å². The maximum absolute atomic E-state index is 13.3. The fourth-order valence-corrected chi connectivity index (χ4v) is 4.88. The Morgan fingerprint density at radius 1 is 1.23 bits per heavy atom. The first kappa shape index (κ1) is 21.7. The highest BCUT2D eigenvalue weighted by Gasteiger charge is 2.42. The van der Waals surface area contributed by atoms with Crippen LogP contribution in [0.2, 0.25) is 0 Å². The zero-order valence-corrected chi connectivity index (χ0v) is 19.2. The molecule has 0 bridgehead atoms. The van der Waals surface area contributed by atoms with E-state index in [1.54, 1.807) is 7.11 Å². The molecule has 6 heteroatoms. The Labute approximate surface area is 184 Å². The van der Waals surface area contributed by atoms with Crippen LogP contribution in [0.15, 0.2) is 24.3 Å². The van der Waals surface area contributed by atoms with Gasteiger partial charge in [-0.25, -0.2) is 0 Å². The molecule has 3 N–H and O–H groups in total. The van der Waals surface area contributed by atoms with E-state index in [1.807, 2.05) is 24.3 Å². The third-order valence-electron chi connectivity index (χ3n) is 6.91. The summed E-state index contributed by atoms with van der Waals surface area (Å²) in [4.78, 5) is 15.6. The molecule has 0 aliphatic carbocycles. The fourth-order valence-electron chi connectivity index (χ4n) is 4.88. The number of nitrogens with two attached hydrogens (primary N) is 1. The molecule has 0 amide bonds. The van der Waals surface area contributed by atoms with Crippen molar-refractivity contribution in [3.8, 4) is 11.5 Å². The molecule has 0 saturated carbocycles. The molecule has 1 saturated heterocycles. The zero-order valence-electron chi connectivity index (χ0n) is 19.2. The van der Waals surface area contributed by atoms with Gasteiger partial charge in [0.05, 0.1) is 13.2 Å². The number of anilines is 1. The number of ketones is 1. The van der Waals surface area contributed by atoms with Crippen LogP contribution in [0.1, 0.15) is 39.5 Å². The van der Waals surface area contributed by atoms with Gasteiger partial charge in [-0.05, 0) is 68.7 Å². The smallest absolute Gasteiger partial charge is 0.181 e. The van der Waals surface area contributed by atoms with Crippen molar-refractivity contribution in [3.05, 3.63) is 52.1 Å². The number of hydrogen-bond acceptors (Lipinski definition) is 6. The Balaban J connectivity index is 1.56. The molecule has 0 spiro atoms. The Bertz CT molecular complexity index is 963. The van der Waals surface area contributed by atoms with Crippen molar-refractivity contribution in [2.75, 3.05) is 39.0 Å². The molecule has 2 aromatic carbocycles. The third kappa shape index (κ3) is 3.90. The minimum atomic E-state index is -0.395. The lowest BCUT2D eigenvalue weighted by molar-refractivity contribution is 0.0332. The van der Waals surface area contributed by atoms with Crippen LogP contribution < -0.4 is 20.5 Å². The Hall–Kier alpha value is -2.57. The molecule has 2 heterocycles. The van der Waals surface area contributed by atoms with Crippen LogP contribution in [0.4, 0.5) is 5.69 Å². The second-order valence-electron chi connectivity index (χ2n) is 9.11. The first-order valence-electron chi connectivity index (χ1n) is 10.9. The third-order valence-corrected chi connectivity index (χ3v) is 6.91. The SMILES string of the molecule is COc1ccc(C(=O)C2CNCCN2CC2(C)Cc3c(C)c(N)c(C)c(C)c3O2)cc1. The van der Waals surface area contributed by atoms with Crippen molar-refractivity contribution in [1.29, 1.82) is 0 Å². The molecular weight excluding hydrogens is 390 g/mol. The number of methoxy groups -OCH3 is 1. The van der Waals surface area contributed by atoms with Crippen LogP contribution in [0, 0.1) is 20.8 Å². The highest BCUT2D eigenvalue weighted by molar-refractivity contribution is 6.00. The lowest BCUT2D eigenvalue weighted by Crippen LogP contribution is -2.59. The van der Waals surface area contributed by atoms with Crippen molar-refractivity contribution in [1.82, 2.24) is 10.2 Å². The molecule has 0 radical (unpaired) electrons. The van der Waals surface area contributed by atoms with Crippen LogP contribution in [0.5, 0.6) is 11.5 Å². The zero-order chi connectivity index (χ0) is 22.3. The van der Waals surface area contributed by atoms with Gasteiger partial charge < -0.3 is 20.5 Å². The summed E-state index contributed by atoms with van der Waals surface area (Å²) in [5.41, 5.74) is 12.1. The summed E-state index contributed by atoms with van der Waals surface area (Å²) in [6, 6.07) is 7.14. The number of hydrogen-bond donors (Lipinski definition) is 2. The number of carbonyl (C=O) groups excluding carboxylic acids is 1. The van der Waals surface area contributed by atoms with Gasteiger partial charge in [0.25, 0.3) is 0 Å². The lowest BCUT2D eigenvalue weighted by Gasteiger charge is -2.39. The van der Waals surface area contributed by atoms with Crippen molar-refractivity contribution < 1.29 is 14.3 Å². The second-order valence-corrected chi connectivity index (χ2v) is 9.11. The minimum absolute atomic E-state index is 0.126. The number of nitrogen functional groups attached to an aromatic ring is 1. The Kier molecular flexibility index (Phi) is 5.71. The summed E-state index contributed by atoms with van der Waals surface area (Å²) in [5.74, 6) is 1.85. The molecule has 2 aliphatic rings. The van der Waals surface area contributed by atoms with Gasteiger partial charge in [-0.1, -0.05) is 0 Å². The van der Waals surface area contributed by atoms with Crippen LogP contribution in [-0.4, -0.2) is 55.6 Å². The van der Waals surface area contributed by atoms with Gasteiger partial charge in [0.2, 0.25) is 0 Å². The molecule has 166 valence electrons. The van der Waals surface area contributed by atoms with Crippen LogP contribution in [0.25, 0.3) is 0 Å². The topological polar surface area (TPSA) is 76.8 Å². The minimum Gasteiger partial charge on any atom is -0.497 e. The van der Waals surface area contributed by atoms with E-state index in [1.165, 1.54) is 5.56 Å². The van der Waals surface area contributed by atoms with Crippen molar-refractivity contribution in [3.63, 3.8) is 0 Å². The van der Waals surface area contributed by atoms with Gasteiger partial charge in [-0.2, -0.15) is 0 Å². The summed E-state index contributed by atoms with van der Waals surface area (Å²) in [5, 5.41) is 3.38. The standard InChI is InChI=1S/C25H33N3O3/c1-15-16(2)24-20(17(3)22(15)26)12-25(4,31-24)14-28-11-10-27-13-21(28)23(29)18-6-8-19(30-5)9-7-18/h6-9,21,27H,10-14,26H2,1-5H3. The average molecular weight is 424 g/mol. The highest BCUT2D eigenvalue weighted by Crippen LogP contribution is 2.44. The lowest BCUT2D eigenvalue weighted by atomic mass is 9.91. The molecule has 1 fully saturated rings. The van der Waals surface area contributed by atoms with E-state index in [2.05, 4.69) is 37.9 Å². The quantitative estimate of drug-likeness (QED) is 0.569. The van der Waals surface area contributed by atoms with Crippen molar-refractivity contribution in [2.24, 2.45) is 0 Å². The summed E-state index contributed by atoms with van der Waals surface area (Å²) in [7, 11) is 1.63. The molecule has 2 unspecified atom stereocenters. The highest BCUT2D eigenvalue weighted by atomic mass is 16.5. The van der Waals surface area contributed by atoms with Crippen LogP contribution >= 0.6 is 0 Å². The number of rotatable bonds is 5. The van der Waals surface area contributed by atoms with E-state index in [0.29, 0.717) is 18.7 Å². The average Bonchev–Trinajstić information content (AvgIpc) is 3.13. The first-order valence-corrected chi connectivity index (χ1v) is 10.9. The Morgan fingerprint density at radius 2 is 1.94 bits per heavy atom. The summed E-state index contributed by atoms with van der Waals surface area (Å²) >= 11 is 0. The maximum atomic E-state index is 13.3. The van der Waals surface area contributed by atoms with Gasteiger partial charge >= 0.3 is 0 Å². The number of ether oxygens (including phenoxy) is 2. The van der Waals surface area contributed by atoms with Crippen molar-refractivity contribution in [2.45, 2.75) is 45.8 Å². The molecular formula is C25H33N3O3. The molecule has 4 rings (SSSR count). The van der Waals surface area contributed by atoms with Crippen molar-refractivity contribution >= 4 is 11.5 Å². The second kappa shape index (κ2) is 8.17. The largest absolute Gasteiger partial charge is 0.497 e. The molecule has 31 heavy (non-hydrogen) atoms. The molecule has 0 aromatic heterocycles. The molecule has 2 aromatic rings. The van der Waals surface area contributed by atoms with Gasteiger partial charge in [0.1, 0.15) is 17.1 Å². The van der Waals surface area contributed by atoms with E-state index >= 15 is 0 Å². The number of nitrogens with one attached hydrogen (secondary N) is 1. The molecule has 6 nitrogen and oxygen atoms in total. The van der Waals surface area contributed by atoms with Crippen LogP contribution in [0.3, 0.4) is 0 Å². The Morgan fingerprint density at radius 3 is 2.61 bits per heavy atom. The predicted molar refractivity (Wildman–Crippen MR) is 123 cm³/mol. The summed E-state index contributed by atoms with van der Waals surface area (Å²) in [6.45, 7) is 11.4. The molecule has 2 atom stereocenters. The summed E-state index contributed by atoms with van der Waals surface area (Å²) in [6.07, 6.45) is 0.798. The predicted octanol–water partition coefficient (Wildman–Crippen LogP) is 3.05. The van der Waals surface area contributed by atoms with E-state index in [4.69, 9.17) is 15.2 Å². The van der Waals surface area contributed by atoms with Gasteiger partial charge in [-0.3, -0.25) is 9.69 Å². The molecule has 2 aliphatic heterocycles.